The van der Waals surface area contributed by atoms with Gasteiger partial charge in [-0.1, -0.05) is 0 Å². The molecule has 1 amide bonds. The van der Waals surface area contributed by atoms with E-state index in [1.165, 1.54) is 11.3 Å². The molecule has 0 fully saturated rings. The second-order valence-corrected chi connectivity index (χ2v) is 5.98. The first-order chi connectivity index (χ1) is 9.67. The summed E-state index contributed by atoms with van der Waals surface area (Å²) in [7, 11) is 0. The maximum absolute atomic E-state index is 11.4. The summed E-state index contributed by atoms with van der Waals surface area (Å²) in [5.74, 6) is -0.550. The van der Waals surface area contributed by atoms with Crippen molar-refractivity contribution < 1.29 is 10.0 Å². The van der Waals surface area contributed by atoms with Crippen LogP contribution >= 0.6 is 27.3 Å². The Morgan fingerprint density at radius 2 is 2.15 bits per heavy atom. The van der Waals surface area contributed by atoms with Crippen molar-refractivity contribution in [2.45, 2.75) is 0 Å². The lowest BCUT2D eigenvalue weighted by Crippen LogP contribution is -2.18. The summed E-state index contributed by atoms with van der Waals surface area (Å²) >= 11 is 4.90. The van der Waals surface area contributed by atoms with Crippen molar-refractivity contribution in [2.75, 3.05) is 0 Å². The van der Waals surface area contributed by atoms with Crippen molar-refractivity contribution in [1.29, 1.82) is 0 Å². The van der Waals surface area contributed by atoms with Crippen LogP contribution in [0.2, 0.25) is 0 Å². The Balaban J connectivity index is 2.09. The molecule has 0 aliphatic heterocycles. The van der Waals surface area contributed by atoms with Crippen LogP contribution in [0.3, 0.4) is 0 Å². The summed E-state index contributed by atoms with van der Waals surface area (Å²) in [6.45, 7) is 0. The molecule has 7 heteroatoms. The standard InChI is InChI=1S/C13H8BrN3O2S/c14-9-3-8(5-15-6-9)13-16-10-4-7(12(18)17-19)1-2-11(10)20-13/h1-6,19H,(H,17,18). The summed E-state index contributed by atoms with van der Waals surface area (Å²) in [5, 5.41) is 9.47. The van der Waals surface area contributed by atoms with Crippen molar-refractivity contribution >= 4 is 43.4 Å². The maximum atomic E-state index is 11.4. The van der Waals surface area contributed by atoms with Crippen LogP contribution in [0.25, 0.3) is 20.8 Å². The van der Waals surface area contributed by atoms with E-state index in [1.807, 2.05) is 12.1 Å². The van der Waals surface area contributed by atoms with Crippen molar-refractivity contribution in [3.63, 3.8) is 0 Å². The Labute approximate surface area is 126 Å². The van der Waals surface area contributed by atoms with Crippen LogP contribution in [0.15, 0.2) is 41.1 Å². The summed E-state index contributed by atoms with van der Waals surface area (Å²) in [4.78, 5) is 20.0. The summed E-state index contributed by atoms with van der Waals surface area (Å²) < 4.78 is 1.85. The second kappa shape index (κ2) is 5.28. The third-order valence-electron chi connectivity index (χ3n) is 2.70. The smallest absolute Gasteiger partial charge is 0.274 e. The van der Waals surface area contributed by atoms with Gasteiger partial charge in [-0.25, -0.2) is 10.5 Å². The van der Waals surface area contributed by atoms with Gasteiger partial charge >= 0.3 is 0 Å². The number of aromatic nitrogens is 2. The van der Waals surface area contributed by atoms with E-state index in [9.17, 15) is 4.79 Å². The van der Waals surface area contributed by atoms with Gasteiger partial charge in [0.15, 0.2) is 0 Å². The maximum Gasteiger partial charge on any atom is 0.274 e. The number of hydroxylamine groups is 1. The Bertz CT molecular complexity index is 803. The molecule has 0 unspecified atom stereocenters. The molecule has 20 heavy (non-hydrogen) atoms. The second-order valence-electron chi connectivity index (χ2n) is 4.03. The van der Waals surface area contributed by atoms with Gasteiger partial charge in [0.05, 0.1) is 10.2 Å². The zero-order valence-corrected chi connectivity index (χ0v) is 12.4. The van der Waals surface area contributed by atoms with Crippen molar-refractivity contribution in [1.82, 2.24) is 15.4 Å². The number of benzene rings is 1. The van der Waals surface area contributed by atoms with Gasteiger partial charge < -0.3 is 0 Å². The predicted molar refractivity (Wildman–Crippen MR) is 79.8 cm³/mol. The van der Waals surface area contributed by atoms with Gasteiger partial charge in [0.1, 0.15) is 5.01 Å². The number of halogens is 1. The van der Waals surface area contributed by atoms with E-state index in [-0.39, 0.29) is 0 Å². The fourth-order valence-corrected chi connectivity index (χ4v) is 3.08. The summed E-state index contributed by atoms with van der Waals surface area (Å²) in [6.07, 6.45) is 3.45. The predicted octanol–water partition coefficient (Wildman–Crippen LogP) is 3.24. The molecule has 0 aliphatic rings. The fraction of sp³-hybridized carbons (Fsp3) is 0. The van der Waals surface area contributed by atoms with Gasteiger partial charge in [0.2, 0.25) is 0 Å². The molecular formula is C13H8BrN3O2S. The minimum atomic E-state index is -0.550. The van der Waals surface area contributed by atoms with Crippen LogP contribution in [0, 0.1) is 0 Å². The van der Waals surface area contributed by atoms with Gasteiger partial charge in [-0.2, -0.15) is 0 Å². The molecule has 2 heterocycles. The molecule has 2 N–H and O–H groups in total. The van der Waals surface area contributed by atoms with Crippen LogP contribution in [0.5, 0.6) is 0 Å². The summed E-state index contributed by atoms with van der Waals surface area (Å²) in [5.41, 5.74) is 3.60. The molecule has 0 saturated carbocycles. The molecule has 100 valence electrons. The number of fused-ring (bicyclic) bond motifs is 1. The highest BCUT2D eigenvalue weighted by Crippen LogP contribution is 2.31. The Morgan fingerprint density at radius 3 is 2.90 bits per heavy atom. The molecule has 0 bridgehead atoms. The number of thiazole rings is 1. The Morgan fingerprint density at radius 1 is 1.30 bits per heavy atom. The number of carbonyl (C=O) groups is 1. The largest absolute Gasteiger partial charge is 0.288 e. The lowest BCUT2D eigenvalue weighted by molar-refractivity contribution is 0.0706. The molecule has 0 atom stereocenters. The molecule has 2 aromatic heterocycles. The van der Waals surface area contributed by atoms with E-state index < -0.39 is 5.91 Å². The number of amides is 1. The number of pyridine rings is 1. The van der Waals surface area contributed by atoms with E-state index in [0.717, 1.165) is 19.7 Å². The van der Waals surface area contributed by atoms with Gasteiger partial charge in [0, 0.05) is 28.0 Å². The zero-order chi connectivity index (χ0) is 14.1. The van der Waals surface area contributed by atoms with E-state index in [2.05, 4.69) is 25.9 Å². The molecule has 0 aliphatic carbocycles. The molecule has 3 aromatic rings. The number of nitrogens with one attached hydrogen (secondary N) is 1. The zero-order valence-electron chi connectivity index (χ0n) is 10.0. The number of nitrogens with zero attached hydrogens (tertiary/aromatic N) is 2. The summed E-state index contributed by atoms with van der Waals surface area (Å²) in [6, 6.07) is 7.04. The van der Waals surface area contributed by atoms with Crippen molar-refractivity contribution in [3.05, 3.63) is 46.7 Å². The van der Waals surface area contributed by atoms with E-state index >= 15 is 0 Å². The average molecular weight is 350 g/mol. The minimum absolute atomic E-state index is 0.365. The molecule has 5 nitrogen and oxygen atoms in total. The lowest BCUT2D eigenvalue weighted by Gasteiger charge is -1.97. The van der Waals surface area contributed by atoms with Gasteiger partial charge in [-0.3, -0.25) is 15.0 Å². The third-order valence-corrected chi connectivity index (χ3v) is 4.22. The highest BCUT2D eigenvalue weighted by Gasteiger charge is 2.10. The Hall–Kier alpha value is -1.83. The monoisotopic (exact) mass is 349 g/mol. The number of hydrogen-bond donors (Lipinski definition) is 2. The van der Waals surface area contributed by atoms with E-state index in [4.69, 9.17) is 5.21 Å². The lowest BCUT2D eigenvalue weighted by atomic mass is 10.2. The molecule has 0 spiro atoms. The highest BCUT2D eigenvalue weighted by atomic mass is 79.9. The average Bonchev–Trinajstić information content (AvgIpc) is 2.89. The van der Waals surface area contributed by atoms with Gasteiger partial charge in [0.25, 0.3) is 5.91 Å². The first-order valence-electron chi connectivity index (χ1n) is 5.63. The van der Waals surface area contributed by atoms with Crippen LogP contribution < -0.4 is 5.48 Å². The normalized spacial score (nSPS) is 10.7. The third kappa shape index (κ3) is 2.43. The molecule has 0 radical (unpaired) electrons. The van der Waals surface area contributed by atoms with E-state index in [1.54, 1.807) is 30.0 Å². The topological polar surface area (TPSA) is 75.1 Å². The van der Waals surface area contributed by atoms with Crippen LogP contribution in [0.1, 0.15) is 10.4 Å². The van der Waals surface area contributed by atoms with Crippen LogP contribution in [-0.2, 0) is 0 Å². The van der Waals surface area contributed by atoms with Gasteiger partial charge in [-0.05, 0) is 40.2 Å². The number of rotatable bonds is 2. The fourth-order valence-electron chi connectivity index (χ4n) is 1.79. The minimum Gasteiger partial charge on any atom is -0.288 e. The molecule has 3 rings (SSSR count). The molecular weight excluding hydrogens is 342 g/mol. The highest BCUT2D eigenvalue weighted by molar-refractivity contribution is 9.10. The first kappa shape index (κ1) is 13.2. The molecule has 1 aromatic carbocycles. The SMILES string of the molecule is O=C(NO)c1ccc2sc(-c3cncc(Br)c3)nc2c1. The Kier molecular flexibility index (Phi) is 3.47. The van der Waals surface area contributed by atoms with Crippen LogP contribution in [-0.4, -0.2) is 21.1 Å². The van der Waals surface area contributed by atoms with Crippen LogP contribution in [0.4, 0.5) is 0 Å². The number of carbonyl (C=O) groups excluding carboxylic acids is 1. The van der Waals surface area contributed by atoms with E-state index in [0.29, 0.717) is 11.1 Å². The van der Waals surface area contributed by atoms with Gasteiger partial charge in [-0.15, -0.1) is 11.3 Å². The molecule has 0 saturated heterocycles. The quantitative estimate of drug-likeness (QED) is 0.550. The number of hydrogen-bond acceptors (Lipinski definition) is 5. The van der Waals surface area contributed by atoms with Crippen molar-refractivity contribution in [2.24, 2.45) is 0 Å². The van der Waals surface area contributed by atoms with Crippen molar-refractivity contribution in [3.8, 4) is 10.6 Å². The first-order valence-corrected chi connectivity index (χ1v) is 7.24.